The van der Waals surface area contributed by atoms with Crippen LogP contribution >= 0.6 is 0 Å². The molecule has 1 rings (SSSR count). The predicted octanol–water partition coefficient (Wildman–Crippen LogP) is 3.85. The molecule has 0 fully saturated rings. The van der Waals surface area contributed by atoms with Gasteiger partial charge >= 0.3 is 12.2 Å². The van der Waals surface area contributed by atoms with E-state index in [1.54, 1.807) is 6.08 Å². The normalized spacial score (nSPS) is 12.9. The predicted molar refractivity (Wildman–Crippen MR) is 95.4 cm³/mol. The van der Waals surface area contributed by atoms with Crippen LogP contribution in [-0.4, -0.2) is 37.6 Å². The molecule has 0 saturated heterocycles. The average molecular weight is 349 g/mol. The van der Waals surface area contributed by atoms with E-state index in [0.717, 1.165) is 11.1 Å². The second-order valence-corrected chi connectivity index (χ2v) is 6.60. The van der Waals surface area contributed by atoms with Gasteiger partial charge in [-0.05, 0) is 45.8 Å². The minimum Gasteiger partial charge on any atom is -0.444 e. The topological polar surface area (TPSA) is 73.9 Å². The molecule has 1 aromatic rings. The lowest BCUT2D eigenvalue weighted by Gasteiger charge is -2.24. The second kappa shape index (κ2) is 9.71. The molecule has 1 amide bonds. The number of alkyl carbamates (subject to hydrolysis) is 1. The van der Waals surface area contributed by atoms with Gasteiger partial charge in [-0.25, -0.2) is 9.59 Å². The van der Waals surface area contributed by atoms with Crippen LogP contribution in [-0.2, 0) is 20.6 Å². The van der Waals surface area contributed by atoms with E-state index in [4.69, 9.17) is 9.47 Å². The maximum atomic E-state index is 12.1. The van der Waals surface area contributed by atoms with Gasteiger partial charge < -0.3 is 19.5 Å². The van der Waals surface area contributed by atoms with E-state index in [1.165, 1.54) is 7.11 Å². The van der Waals surface area contributed by atoms with Crippen LogP contribution in [0.25, 0.3) is 0 Å². The summed E-state index contributed by atoms with van der Waals surface area (Å²) in [6, 6.07) is 9.52. The Balaban J connectivity index is 2.81. The Kier molecular flexibility index (Phi) is 7.98. The van der Waals surface area contributed by atoms with Gasteiger partial charge in [0.05, 0.1) is 13.2 Å². The van der Waals surface area contributed by atoms with Crippen molar-refractivity contribution in [3.8, 4) is 0 Å². The summed E-state index contributed by atoms with van der Waals surface area (Å²) in [6.45, 7) is 7.37. The summed E-state index contributed by atoms with van der Waals surface area (Å²) in [7, 11) is 1.25. The first kappa shape index (κ1) is 20.5. The molecular weight excluding hydrogens is 322 g/mol. The van der Waals surface area contributed by atoms with Crippen molar-refractivity contribution in [1.82, 2.24) is 5.32 Å². The maximum Gasteiger partial charge on any atom is 0.508 e. The summed E-state index contributed by atoms with van der Waals surface area (Å²) in [5.41, 5.74) is 1.36. The van der Waals surface area contributed by atoms with Gasteiger partial charge in [-0.3, -0.25) is 0 Å². The molecule has 6 nitrogen and oxygen atoms in total. The standard InChI is InChI=1S/C19H27NO5/c1-14(11-12-24-18(22)23-5)16(13-15-9-7-6-8-10-15)20-17(21)25-19(2,3)4/h6-11,16H,12-13H2,1-5H3,(H,20,21)/b14-11+/t16-/m0/s1. The minimum atomic E-state index is -0.747. The molecule has 0 aliphatic carbocycles. The second-order valence-electron chi connectivity index (χ2n) is 6.60. The van der Waals surface area contributed by atoms with Gasteiger partial charge in [-0.2, -0.15) is 0 Å². The first-order valence-electron chi connectivity index (χ1n) is 8.12. The molecule has 0 bridgehead atoms. The molecule has 0 aliphatic heterocycles. The van der Waals surface area contributed by atoms with Gasteiger partial charge in [0.1, 0.15) is 12.2 Å². The van der Waals surface area contributed by atoms with Gasteiger partial charge in [0.2, 0.25) is 0 Å². The van der Waals surface area contributed by atoms with Crippen molar-refractivity contribution in [3.05, 3.63) is 47.5 Å². The van der Waals surface area contributed by atoms with Crippen LogP contribution in [0.2, 0.25) is 0 Å². The summed E-state index contributed by atoms with van der Waals surface area (Å²) in [5, 5.41) is 2.87. The first-order chi connectivity index (χ1) is 11.7. The van der Waals surface area contributed by atoms with Crippen LogP contribution < -0.4 is 5.32 Å². The van der Waals surface area contributed by atoms with Crippen LogP contribution in [0.4, 0.5) is 9.59 Å². The SMILES string of the molecule is COC(=O)OC/C=C(\C)[C@H](Cc1ccccc1)NC(=O)OC(C)(C)C. The molecule has 0 saturated carbocycles. The lowest BCUT2D eigenvalue weighted by Crippen LogP contribution is -2.41. The molecule has 0 spiro atoms. The Labute approximate surface area is 149 Å². The van der Waals surface area contributed by atoms with Crippen molar-refractivity contribution in [2.75, 3.05) is 13.7 Å². The highest BCUT2D eigenvalue weighted by atomic mass is 16.7. The van der Waals surface area contributed by atoms with Crippen LogP contribution in [0.3, 0.4) is 0 Å². The Morgan fingerprint density at radius 2 is 1.84 bits per heavy atom. The van der Waals surface area contributed by atoms with Crippen LogP contribution in [0.1, 0.15) is 33.3 Å². The number of carbonyl (C=O) groups excluding carboxylic acids is 2. The fourth-order valence-corrected chi connectivity index (χ4v) is 2.07. The summed E-state index contributed by atoms with van der Waals surface area (Å²) in [6.07, 6.45) is 1.10. The molecule has 25 heavy (non-hydrogen) atoms. The highest BCUT2D eigenvalue weighted by Gasteiger charge is 2.20. The van der Waals surface area contributed by atoms with E-state index in [0.29, 0.717) is 6.42 Å². The quantitative estimate of drug-likeness (QED) is 0.624. The van der Waals surface area contributed by atoms with E-state index >= 15 is 0 Å². The van der Waals surface area contributed by atoms with E-state index in [2.05, 4.69) is 10.1 Å². The van der Waals surface area contributed by atoms with Crippen molar-refractivity contribution < 1.29 is 23.8 Å². The summed E-state index contributed by atoms with van der Waals surface area (Å²) >= 11 is 0. The van der Waals surface area contributed by atoms with Crippen molar-refractivity contribution in [2.24, 2.45) is 0 Å². The van der Waals surface area contributed by atoms with Crippen molar-refractivity contribution >= 4 is 12.2 Å². The lowest BCUT2D eigenvalue weighted by atomic mass is 10.00. The van der Waals surface area contributed by atoms with Gasteiger partial charge in [-0.1, -0.05) is 35.9 Å². The molecule has 0 aromatic heterocycles. The minimum absolute atomic E-state index is 0.0692. The molecule has 0 unspecified atom stereocenters. The summed E-state index contributed by atoms with van der Waals surface area (Å²) in [4.78, 5) is 23.2. The number of ether oxygens (including phenoxy) is 3. The zero-order chi connectivity index (χ0) is 18.9. The van der Waals surface area contributed by atoms with E-state index in [9.17, 15) is 9.59 Å². The number of hydrogen-bond donors (Lipinski definition) is 1. The number of carbonyl (C=O) groups is 2. The van der Waals surface area contributed by atoms with Crippen LogP contribution in [0.5, 0.6) is 0 Å². The van der Waals surface area contributed by atoms with E-state index < -0.39 is 17.8 Å². The van der Waals surface area contributed by atoms with Gasteiger partial charge in [-0.15, -0.1) is 0 Å². The molecule has 0 aliphatic rings. The third kappa shape index (κ3) is 8.79. The van der Waals surface area contributed by atoms with Crippen molar-refractivity contribution in [1.29, 1.82) is 0 Å². The highest BCUT2D eigenvalue weighted by molar-refractivity contribution is 5.68. The molecule has 1 N–H and O–H groups in total. The Morgan fingerprint density at radius 1 is 1.20 bits per heavy atom. The van der Waals surface area contributed by atoms with Gasteiger partial charge in [0.15, 0.2) is 0 Å². The fraction of sp³-hybridized carbons (Fsp3) is 0.474. The van der Waals surface area contributed by atoms with Crippen molar-refractivity contribution in [3.63, 3.8) is 0 Å². The molecule has 1 aromatic carbocycles. The van der Waals surface area contributed by atoms with Crippen LogP contribution in [0, 0.1) is 0 Å². The summed E-state index contributed by atoms with van der Waals surface area (Å²) < 4.78 is 14.6. The Morgan fingerprint density at radius 3 is 2.40 bits per heavy atom. The van der Waals surface area contributed by atoms with Crippen molar-refractivity contribution in [2.45, 2.75) is 45.8 Å². The zero-order valence-electron chi connectivity index (χ0n) is 15.5. The molecule has 0 radical (unpaired) electrons. The third-order valence-corrected chi connectivity index (χ3v) is 3.30. The monoisotopic (exact) mass is 349 g/mol. The largest absolute Gasteiger partial charge is 0.508 e. The molecule has 0 heterocycles. The molecule has 1 atom stereocenters. The van der Waals surface area contributed by atoms with Gasteiger partial charge in [0, 0.05) is 0 Å². The number of benzene rings is 1. The number of nitrogens with one attached hydrogen (secondary N) is 1. The number of methoxy groups -OCH3 is 1. The summed E-state index contributed by atoms with van der Waals surface area (Å²) in [5.74, 6) is 0. The fourth-order valence-electron chi connectivity index (χ4n) is 2.07. The number of rotatable bonds is 6. The zero-order valence-corrected chi connectivity index (χ0v) is 15.5. The Hall–Kier alpha value is -2.50. The Bertz CT molecular complexity index is 590. The number of amides is 1. The van der Waals surface area contributed by atoms with Crippen LogP contribution in [0.15, 0.2) is 42.0 Å². The molecule has 6 heteroatoms. The molecule has 138 valence electrons. The third-order valence-electron chi connectivity index (χ3n) is 3.30. The molecular formula is C19H27NO5. The van der Waals surface area contributed by atoms with Gasteiger partial charge in [0.25, 0.3) is 0 Å². The first-order valence-corrected chi connectivity index (χ1v) is 8.12. The van der Waals surface area contributed by atoms with E-state index in [1.807, 2.05) is 58.0 Å². The smallest absolute Gasteiger partial charge is 0.444 e. The lowest BCUT2D eigenvalue weighted by molar-refractivity contribution is 0.0510. The average Bonchev–Trinajstić information content (AvgIpc) is 2.53. The maximum absolute atomic E-state index is 12.1. The highest BCUT2D eigenvalue weighted by Crippen LogP contribution is 2.13. The number of hydrogen-bond acceptors (Lipinski definition) is 5. The van der Waals surface area contributed by atoms with E-state index in [-0.39, 0.29) is 12.6 Å².